The molecule has 4 heteroatoms. The lowest BCUT2D eigenvalue weighted by Crippen LogP contribution is -2.37. The molecule has 0 aromatic heterocycles. The number of phenols is 1. The molecule has 0 unspecified atom stereocenters. The molecule has 0 spiro atoms. The highest BCUT2D eigenvalue weighted by Crippen LogP contribution is 2.43. The molecule has 2 rings (SSSR count). The molecule has 1 aromatic rings. The van der Waals surface area contributed by atoms with Crippen molar-refractivity contribution >= 4 is 0 Å². The summed E-state index contributed by atoms with van der Waals surface area (Å²) in [5, 5.41) is 10.6. The summed E-state index contributed by atoms with van der Waals surface area (Å²) in [6.45, 7) is 0.989. The number of hydrogen-bond acceptors (Lipinski definition) is 3. The molecule has 1 saturated carbocycles. The van der Waals surface area contributed by atoms with Crippen LogP contribution in [0.2, 0.25) is 0 Å². The van der Waals surface area contributed by atoms with E-state index in [1.807, 2.05) is 19.0 Å². The third-order valence-electron chi connectivity index (χ3n) is 4.41. The molecule has 112 valence electrons. The zero-order valence-corrected chi connectivity index (χ0v) is 12.5. The Morgan fingerprint density at radius 1 is 1.25 bits per heavy atom. The van der Waals surface area contributed by atoms with Crippen molar-refractivity contribution in [2.24, 2.45) is 5.73 Å². The second-order valence-electron chi connectivity index (χ2n) is 6.24. The van der Waals surface area contributed by atoms with Gasteiger partial charge in [-0.3, -0.25) is 0 Å². The number of hydrogen-bond donors (Lipinski definition) is 2. The second-order valence-corrected chi connectivity index (χ2v) is 6.24. The van der Waals surface area contributed by atoms with Crippen LogP contribution < -0.4 is 5.73 Å². The van der Waals surface area contributed by atoms with Crippen molar-refractivity contribution in [1.82, 2.24) is 4.90 Å². The molecule has 0 saturated heterocycles. The maximum Gasteiger partial charge on any atom is 0.124 e. The van der Waals surface area contributed by atoms with Gasteiger partial charge in [0.25, 0.3) is 0 Å². The van der Waals surface area contributed by atoms with Crippen molar-refractivity contribution < 1.29 is 9.50 Å². The molecule has 1 aromatic carbocycles. The Bertz CT molecular complexity index is 468. The molecule has 3 N–H and O–H groups in total. The number of benzene rings is 1. The van der Waals surface area contributed by atoms with E-state index in [1.165, 1.54) is 18.6 Å². The molecule has 0 heterocycles. The Kier molecular flexibility index (Phi) is 4.66. The molecule has 20 heavy (non-hydrogen) atoms. The minimum Gasteiger partial charge on any atom is -0.507 e. The van der Waals surface area contributed by atoms with Crippen LogP contribution >= 0.6 is 0 Å². The van der Waals surface area contributed by atoms with Gasteiger partial charge >= 0.3 is 0 Å². The first kappa shape index (κ1) is 15.3. The minimum atomic E-state index is -0.284. The van der Waals surface area contributed by atoms with E-state index in [9.17, 15) is 9.50 Å². The highest BCUT2D eigenvalue weighted by Gasteiger charge is 2.35. The van der Waals surface area contributed by atoms with Crippen molar-refractivity contribution in [2.45, 2.75) is 44.1 Å². The van der Waals surface area contributed by atoms with Gasteiger partial charge in [0.05, 0.1) is 0 Å². The lowest BCUT2D eigenvalue weighted by Gasteiger charge is -2.37. The Morgan fingerprint density at radius 3 is 2.45 bits per heavy atom. The van der Waals surface area contributed by atoms with Gasteiger partial charge in [0.1, 0.15) is 11.6 Å². The van der Waals surface area contributed by atoms with Crippen molar-refractivity contribution in [1.29, 1.82) is 0 Å². The van der Waals surface area contributed by atoms with Crippen LogP contribution in [0.3, 0.4) is 0 Å². The Balaban J connectivity index is 2.46. The quantitative estimate of drug-likeness (QED) is 0.891. The van der Waals surface area contributed by atoms with Crippen LogP contribution in [0.15, 0.2) is 12.1 Å². The van der Waals surface area contributed by atoms with Crippen molar-refractivity contribution in [3.05, 3.63) is 29.1 Å². The van der Waals surface area contributed by atoms with Gasteiger partial charge in [0.2, 0.25) is 0 Å². The fourth-order valence-corrected chi connectivity index (χ4v) is 3.33. The fourth-order valence-electron chi connectivity index (χ4n) is 3.33. The maximum absolute atomic E-state index is 13.9. The predicted octanol–water partition coefficient (Wildman–Crippen LogP) is 2.75. The predicted molar refractivity (Wildman–Crippen MR) is 79.3 cm³/mol. The first-order chi connectivity index (χ1) is 9.48. The highest BCUT2D eigenvalue weighted by atomic mass is 19.1. The summed E-state index contributed by atoms with van der Waals surface area (Å²) < 4.78 is 13.9. The van der Waals surface area contributed by atoms with Crippen molar-refractivity contribution in [3.8, 4) is 5.75 Å². The topological polar surface area (TPSA) is 49.5 Å². The van der Waals surface area contributed by atoms with Crippen LogP contribution in [0.1, 0.15) is 43.2 Å². The molecule has 0 aliphatic heterocycles. The van der Waals surface area contributed by atoms with Crippen LogP contribution in [0, 0.1) is 5.82 Å². The number of rotatable bonds is 4. The van der Waals surface area contributed by atoms with E-state index in [4.69, 9.17) is 5.73 Å². The Morgan fingerprint density at radius 2 is 1.90 bits per heavy atom. The summed E-state index contributed by atoms with van der Waals surface area (Å²) in [4.78, 5) is 1.92. The normalized spacial score (nSPS) is 18.4. The van der Waals surface area contributed by atoms with Gasteiger partial charge in [-0.1, -0.05) is 19.3 Å². The van der Waals surface area contributed by atoms with Gasteiger partial charge in [-0.25, -0.2) is 4.39 Å². The summed E-state index contributed by atoms with van der Waals surface area (Å²) in [5.74, 6) is -0.0551. The number of nitrogens with two attached hydrogens (primary N) is 1. The molecular weight excluding hydrogens is 255 g/mol. The molecule has 0 bridgehead atoms. The highest BCUT2D eigenvalue weighted by molar-refractivity contribution is 5.46. The summed E-state index contributed by atoms with van der Waals surface area (Å²) in [7, 11) is 3.81. The summed E-state index contributed by atoms with van der Waals surface area (Å²) in [5.41, 5.74) is 7.09. The van der Waals surface area contributed by atoms with Gasteiger partial charge in [0.15, 0.2) is 0 Å². The summed E-state index contributed by atoms with van der Waals surface area (Å²) >= 11 is 0. The number of phenolic OH excluding ortho intramolecular Hbond substituents is 1. The molecule has 0 radical (unpaired) electrons. The zero-order valence-electron chi connectivity index (χ0n) is 12.5. The summed E-state index contributed by atoms with van der Waals surface area (Å²) in [6.07, 6.45) is 5.25. The lowest BCUT2D eigenvalue weighted by atomic mass is 9.69. The van der Waals surface area contributed by atoms with E-state index < -0.39 is 0 Å². The molecule has 3 nitrogen and oxygen atoms in total. The van der Waals surface area contributed by atoms with Crippen LogP contribution in [0.4, 0.5) is 4.39 Å². The number of halogens is 1. The molecule has 1 aliphatic carbocycles. The molecule has 0 amide bonds. The standard InChI is InChI=1S/C16H25FN2O/c1-19(2)10-12-8-13(17)9-14(15(12)20)16(11-18)6-4-3-5-7-16/h8-9,20H,3-7,10-11,18H2,1-2H3. The number of aromatic hydroxyl groups is 1. The lowest BCUT2D eigenvalue weighted by molar-refractivity contribution is 0.287. The third kappa shape index (κ3) is 2.96. The van der Waals surface area contributed by atoms with E-state index in [1.54, 1.807) is 0 Å². The summed E-state index contributed by atoms with van der Waals surface area (Å²) in [6, 6.07) is 2.90. The third-order valence-corrected chi connectivity index (χ3v) is 4.41. The van der Waals surface area contributed by atoms with Crippen molar-refractivity contribution in [3.63, 3.8) is 0 Å². The van der Waals surface area contributed by atoms with Crippen molar-refractivity contribution in [2.75, 3.05) is 20.6 Å². The zero-order chi connectivity index (χ0) is 14.8. The minimum absolute atomic E-state index is 0.229. The van der Waals surface area contributed by atoms with E-state index in [0.29, 0.717) is 24.2 Å². The maximum atomic E-state index is 13.9. The average Bonchev–Trinajstić information content (AvgIpc) is 2.42. The fraction of sp³-hybridized carbons (Fsp3) is 0.625. The molecule has 1 aliphatic rings. The van der Waals surface area contributed by atoms with E-state index >= 15 is 0 Å². The SMILES string of the molecule is CN(C)Cc1cc(F)cc(C2(CN)CCCCC2)c1O. The monoisotopic (exact) mass is 280 g/mol. The van der Waals surface area contributed by atoms with Crippen LogP contribution in [-0.2, 0) is 12.0 Å². The van der Waals surface area contributed by atoms with Gasteiger partial charge in [-0.15, -0.1) is 0 Å². The average molecular weight is 280 g/mol. The van der Waals surface area contributed by atoms with E-state index in [0.717, 1.165) is 25.7 Å². The van der Waals surface area contributed by atoms with Gasteiger partial charge in [-0.05, 0) is 39.1 Å². The molecular formula is C16H25FN2O. The van der Waals surface area contributed by atoms with E-state index in [-0.39, 0.29) is 17.0 Å². The Labute approximate surface area is 120 Å². The van der Waals surface area contributed by atoms with Crippen LogP contribution in [-0.4, -0.2) is 30.6 Å². The largest absolute Gasteiger partial charge is 0.507 e. The molecule has 0 atom stereocenters. The number of nitrogens with zero attached hydrogens (tertiary/aromatic N) is 1. The van der Waals surface area contributed by atoms with Gasteiger partial charge in [-0.2, -0.15) is 0 Å². The van der Waals surface area contributed by atoms with Crippen LogP contribution in [0.25, 0.3) is 0 Å². The smallest absolute Gasteiger partial charge is 0.124 e. The van der Waals surface area contributed by atoms with Gasteiger partial charge < -0.3 is 15.7 Å². The first-order valence-corrected chi connectivity index (χ1v) is 7.35. The molecule has 1 fully saturated rings. The second kappa shape index (κ2) is 6.10. The Hall–Kier alpha value is -1.13. The van der Waals surface area contributed by atoms with Gasteiger partial charge in [0, 0.05) is 29.6 Å². The van der Waals surface area contributed by atoms with E-state index in [2.05, 4.69) is 0 Å². The van der Waals surface area contributed by atoms with Crippen LogP contribution in [0.5, 0.6) is 5.75 Å². The first-order valence-electron chi connectivity index (χ1n) is 7.35.